The predicted octanol–water partition coefficient (Wildman–Crippen LogP) is 7.55. The van der Waals surface area contributed by atoms with Crippen molar-refractivity contribution in [1.29, 1.82) is 0 Å². The summed E-state index contributed by atoms with van der Waals surface area (Å²) in [5.41, 5.74) is -3.83. The largest absolute Gasteiger partial charge is 0.478 e. The van der Waals surface area contributed by atoms with Crippen LogP contribution in [0.4, 0.5) is 13.6 Å². The number of hydrogen-bond acceptors (Lipinski definition) is 10. The molecule has 3 heterocycles. The molecule has 0 radical (unpaired) electrons. The van der Waals surface area contributed by atoms with Crippen LogP contribution in [0.15, 0.2) is 42.5 Å². The number of ether oxygens (including phenoxy) is 3. The Labute approximate surface area is 362 Å². The molecule has 3 fully saturated rings. The van der Waals surface area contributed by atoms with E-state index in [4.69, 9.17) is 14.2 Å². The number of carbonyl (C=O) groups is 4. The molecule has 2 aromatic rings. The van der Waals surface area contributed by atoms with E-state index in [-0.39, 0.29) is 35.5 Å². The van der Waals surface area contributed by atoms with Crippen LogP contribution >= 0.6 is 0 Å². The Kier molecular flexibility index (Phi) is 14.4. The smallest absolute Gasteiger partial charge is 0.408 e. The highest BCUT2D eigenvalue weighted by molar-refractivity contribution is 7.91. The second kappa shape index (κ2) is 18.4. The Morgan fingerprint density at radius 2 is 1.77 bits per heavy atom. The van der Waals surface area contributed by atoms with Gasteiger partial charge in [0.1, 0.15) is 23.7 Å². The topological polar surface area (TPSA) is 182 Å². The van der Waals surface area contributed by atoms with Crippen LogP contribution in [0.5, 0.6) is 11.8 Å². The van der Waals surface area contributed by atoms with E-state index in [2.05, 4.69) is 20.3 Å². The van der Waals surface area contributed by atoms with Gasteiger partial charge in [-0.15, -0.1) is 0 Å². The van der Waals surface area contributed by atoms with Crippen LogP contribution in [0.1, 0.15) is 118 Å². The first-order valence-corrected chi connectivity index (χ1v) is 23.1. The normalized spacial score (nSPS) is 28.3. The third kappa shape index (κ3) is 10.2. The van der Waals surface area contributed by atoms with Gasteiger partial charge in [0, 0.05) is 35.0 Å². The molecule has 3 N–H and O–H groups in total. The van der Waals surface area contributed by atoms with Gasteiger partial charge in [-0.1, -0.05) is 65.0 Å². The molecule has 1 saturated heterocycles. The molecule has 0 unspecified atom stereocenters. The first-order chi connectivity index (χ1) is 28.7. The van der Waals surface area contributed by atoms with Gasteiger partial charge in [-0.2, -0.15) is 4.98 Å². The van der Waals surface area contributed by atoms with Gasteiger partial charge in [0.05, 0.1) is 17.9 Å². The van der Waals surface area contributed by atoms with Crippen LogP contribution in [0.25, 0.3) is 10.8 Å². The number of pyridine rings is 1. The maximum Gasteiger partial charge on any atom is 0.408 e. The number of carbonyl (C=O) groups excluding carboxylic acids is 4. The third-order valence-electron chi connectivity index (χ3n) is 12.6. The fraction of sp³-hybridized carbons (Fsp3) is 0.659. The van der Waals surface area contributed by atoms with Crippen molar-refractivity contribution in [2.45, 2.75) is 154 Å². The van der Waals surface area contributed by atoms with Crippen LogP contribution in [0.2, 0.25) is 0 Å². The van der Waals surface area contributed by atoms with Gasteiger partial charge in [-0.25, -0.2) is 22.0 Å². The van der Waals surface area contributed by atoms with Crippen molar-refractivity contribution < 1.29 is 54.9 Å². The van der Waals surface area contributed by atoms with Gasteiger partial charge >= 0.3 is 6.09 Å². The van der Waals surface area contributed by atoms with Gasteiger partial charge in [0.15, 0.2) is 5.60 Å². The summed E-state index contributed by atoms with van der Waals surface area (Å²) in [7, 11) is -4.07. The fourth-order valence-electron chi connectivity index (χ4n) is 8.18. The number of aromatic nitrogens is 1. The highest BCUT2D eigenvalue weighted by Crippen LogP contribution is 2.49. The molecule has 0 spiro atoms. The number of sulfonamides is 1. The molecular formula is C44H69F2N5O9S. The lowest BCUT2D eigenvalue weighted by molar-refractivity contribution is -0.152. The van der Waals surface area contributed by atoms with E-state index < -0.39 is 85.7 Å². The Bertz CT molecular complexity index is 2110. The molecule has 2 aliphatic heterocycles. The standard InChI is InChI=1S/C42H57F2N5O9S.C2H6.3H2/c1-8-41(18-19-41)59(54,55)48-37(52)42-23-28(42)16-12-10-14-25(3)20-26(4)33(46-38(53)58-39(5,6)40(7,43)44)36(51)49-24-29(22-31(49)34(50)47-42)57-35-30-17-13-11-15-27(30)21-32(45-35)56-9-2;1-2;;;/h11-13,15-17,21,25-26,28-29,31,33H,8-10,14,18-20,22-24H2,1-7H3,(H,46,53)(H,47,50)(H,48,52);1-2H3;3*1H/b16-12-;;;;/t25-,26-,28-,29-,31+,33+,42-;;;;/m1..../s1. The number of rotatable bonds is 11. The molecule has 14 nitrogen and oxygen atoms in total. The second-order valence-electron chi connectivity index (χ2n) is 17.4. The van der Waals surface area contributed by atoms with E-state index >= 15 is 0 Å². The molecule has 1 aromatic heterocycles. The van der Waals surface area contributed by atoms with Crippen molar-refractivity contribution in [1.82, 2.24) is 25.2 Å². The number of halogens is 2. The average molecular weight is 882 g/mol. The summed E-state index contributed by atoms with van der Waals surface area (Å²) in [6.07, 6.45) is 4.59. The Morgan fingerprint density at radius 3 is 2.41 bits per heavy atom. The number of nitrogens with one attached hydrogen (secondary N) is 3. The van der Waals surface area contributed by atoms with E-state index in [0.717, 1.165) is 19.2 Å². The number of hydrogen-bond donors (Lipinski definition) is 3. The summed E-state index contributed by atoms with van der Waals surface area (Å²) in [5.74, 6) is -6.22. The Balaban J connectivity index is 0.00000278. The molecule has 4 amide bonds. The molecule has 4 aliphatic rings. The van der Waals surface area contributed by atoms with Crippen LogP contribution in [-0.4, -0.2) is 95.3 Å². The summed E-state index contributed by atoms with van der Waals surface area (Å²) >= 11 is 0. The number of fused-ring (bicyclic) bond motifs is 3. The maximum atomic E-state index is 14.9. The average Bonchev–Trinajstić information content (AvgIpc) is 4.10. The van der Waals surface area contributed by atoms with Gasteiger partial charge in [0.25, 0.3) is 11.8 Å². The van der Waals surface area contributed by atoms with E-state index in [1.165, 1.54) is 4.90 Å². The molecule has 61 heavy (non-hydrogen) atoms. The molecule has 0 bridgehead atoms. The van der Waals surface area contributed by atoms with E-state index in [9.17, 15) is 36.4 Å². The third-order valence-corrected chi connectivity index (χ3v) is 14.9. The molecule has 1 aromatic carbocycles. The number of alkyl halides is 2. The lowest BCUT2D eigenvalue weighted by atomic mass is 9.88. The van der Waals surface area contributed by atoms with Gasteiger partial charge in [-0.05, 0) is 89.0 Å². The first-order valence-electron chi connectivity index (χ1n) is 21.6. The maximum absolute atomic E-state index is 14.9. The highest BCUT2D eigenvalue weighted by Gasteiger charge is 2.63. The number of amides is 4. The van der Waals surface area contributed by atoms with Gasteiger partial charge < -0.3 is 29.7 Å². The molecule has 344 valence electrons. The number of benzene rings is 1. The predicted molar refractivity (Wildman–Crippen MR) is 233 cm³/mol. The molecule has 2 aliphatic carbocycles. The van der Waals surface area contributed by atoms with Crippen LogP contribution < -0.4 is 24.8 Å². The van der Waals surface area contributed by atoms with Crippen LogP contribution in [-0.2, 0) is 29.1 Å². The Morgan fingerprint density at radius 1 is 1.08 bits per heavy atom. The van der Waals surface area contributed by atoms with Crippen molar-refractivity contribution in [2.24, 2.45) is 17.8 Å². The van der Waals surface area contributed by atoms with Gasteiger partial charge in [-0.3, -0.25) is 19.1 Å². The molecule has 7 atom stereocenters. The molecule has 2 saturated carbocycles. The quantitative estimate of drug-likeness (QED) is 0.191. The van der Waals surface area contributed by atoms with Gasteiger partial charge in [0.2, 0.25) is 33.6 Å². The summed E-state index contributed by atoms with van der Waals surface area (Å²) in [6.45, 7) is 14.3. The van der Waals surface area contributed by atoms with Crippen molar-refractivity contribution in [2.75, 3.05) is 13.2 Å². The molecule has 6 rings (SSSR count). The monoisotopic (exact) mass is 881 g/mol. The zero-order chi connectivity index (χ0) is 45.1. The van der Waals surface area contributed by atoms with Crippen LogP contribution in [0, 0.1) is 17.8 Å². The lowest BCUT2D eigenvalue weighted by Crippen LogP contribution is -2.60. The Hall–Kier alpha value is -4.54. The minimum absolute atomic E-state index is 0. The number of alkyl carbamates (subject to hydrolysis) is 1. The first kappa shape index (κ1) is 47.5. The van der Waals surface area contributed by atoms with Crippen molar-refractivity contribution in [3.63, 3.8) is 0 Å². The lowest BCUT2D eigenvalue weighted by Gasteiger charge is -2.35. The van der Waals surface area contributed by atoms with E-state index in [1.54, 1.807) is 19.9 Å². The van der Waals surface area contributed by atoms with E-state index in [0.29, 0.717) is 63.3 Å². The molecular weight excluding hydrogens is 813 g/mol. The summed E-state index contributed by atoms with van der Waals surface area (Å²) in [4.78, 5) is 62.8. The van der Waals surface area contributed by atoms with Crippen molar-refractivity contribution in [3.8, 4) is 11.8 Å². The van der Waals surface area contributed by atoms with Crippen molar-refractivity contribution in [3.05, 3.63) is 42.5 Å². The van der Waals surface area contributed by atoms with E-state index in [1.807, 2.05) is 64.1 Å². The van der Waals surface area contributed by atoms with Crippen LogP contribution in [0.3, 0.4) is 0 Å². The zero-order valence-corrected chi connectivity index (χ0v) is 37.6. The summed E-state index contributed by atoms with van der Waals surface area (Å²) in [6, 6.07) is 6.54. The fourth-order valence-corrected chi connectivity index (χ4v) is 9.84. The molecule has 17 heteroatoms. The summed E-state index contributed by atoms with van der Waals surface area (Å²) in [5, 5.41) is 6.85. The van der Waals surface area contributed by atoms with Crippen molar-refractivity contribution >= 4 is 44.6 Å². The summed E-state index contributed by atoms with van der Waals surface area (Å²) < 4.78 is 74.4. The number of nitrogens with zero attached hydrogens (tertiary/aromatic N) is 2. The minimum Gasteiger partial charge on any atom is -0.478 e. The highest BCUT2D eigenvalue weighted by atomic mass is 32.2. The second-order valence-corrected chi connectivity index (χ2v) is 19.5. The zero-order valence-electron chi connectivity index (χ0n) is 36.8. The minimum atomic E-state index is -4.07. The number of allylic oxidation sites excluding steroid dienone is 1. The SMILES string of the molecule is CC.CCOc1cc2ccccc2c(O[C@@H]2C[C@H]3C(=O)N[C@]4(C(=O)NS(=O)(=O)C5(CC)CC5)C[C@H]4/C=C\CC[C@@H](C)C[C@@H](C)[C@H](NC(=O)OC(C)(C)C(C)(F)F)C(=O)N3C2)n1.[HH].[HH].[HH].